The molecule has 1 heterocycles. The van der Waals surface area contributed by atoms with Crippen molar-refractivity contribution in [2.45, 2.75) is 0 Å². The molecule has 22 heavy (non-hydrogen) atoms. The second kappa shape index (κ2) is 5.44. The van der Waals surface area contributed by atoms with E-state index in [4.69, 9.17) is 0 Å². The normalized spacial score (nSPS) is 10.6. The second-order valence-electron chi connectivity index (χ2n) is 4.96. The van der Waals surface area contributed by atoms with Gasteiger partial charge in [0.05, 0.1) is 5.52 Å². The Morgan fingerprint density at radius 2 is 1.86 bits per heavy atom. The lowest BCUT2D eigenvalue weighted by Crippen LogP contribution is -2.23. The van der Waals surface area contributed by atoms with Gasteiger partial charge in [0.2, 0.25) is 5.43 Å². The number of rotatable bonds is 2. The number of amides is 1. The summed E-state index contributed by atoms with van der Waals surface area (Å²) in [5, 5.41) is 2.84. The number of nitrogens with zero attached hydrogens (tertiary/aromatic N) is 1. The highest BCUT2D eigenvalue weighted by molar-refractivity contribution is 6.05. The van der Waals surface area contributed by atoms with Crippen LogP contribution in [0.4, 0.5) is 10.1 Å². The Labute approximate surface area is 125 Å². The summed E-state index contributed by atoms with van der Waals surface area (Å²) in [7, 11) is 1.71. The Bertz CT molecular complexity index is 917. The van der Waals surface area contributed by atoms with E-state index < -0.39 is 17.2 Å². The van der Waals surface area contributed by atoms with Gasteiger partial charge in [-0.3, -0.25) is 9.59 Å². The standard InChI is InChI=1S/C17H13FN2O2/c1-20-10-14(17(22)19-12-5-3-2-4-6-12)16(21)13-9-11(18)7-8-15(13)20/h2-10H,1H3,(H,19,22). The van der Waals surface area contributed by atoms with Gasteiger partial charge in [0, 0.05) is 24.3 Å². The van der Waals surface area contributed by atoms with Crippen molar-refractivity contribution < 1.29 is 9.18 Å². The lowest BCUT2D eigenvalue weighted by Gasteiger charge is -2.09. The number of carbonyl (C=O) groups is 1. The Morgan fingerprint density at radius 1 is 1.14 bits per heavy atom. The van der Waals surface area contributed by atoms with Crippen LogP contribution in [0.1, 0.15) is 10.4 Å². The molecule has 0 radical (unpaired) electrons. The molecule has 0 bridgehead atoms. The van der Waals surface area contributed by atoms with Crippen LogP contribution in [0.25, 0.3) is 10.9 Å². The first kappa shape index (κ1) is 14.0. The molecule has 0 atom stereocenters. The van der Waals surface area contributed by atoms with E-state index in [1.165, 1.54) is 18.3 Å². The lowest BCUT2D eigenvalue weighted by molar-refractivity contribution is 0.102. The number of pyridine rings is 1. The predicted molar refractivity (Wildman–Crippen MR) is 83.5 cm³/mol. The Balaban J connectivity index is 2.09. The number of para-hydroxylation sites is 1. The lowest BCUT2D eigenvalue weighted by atomic mass is 10.1. The zero-order valence-corrected chi connectivity index (χ0v) is 11.8. The van der Waals surface area contributed by atoms with Crippen molar-refractivity contribution in [3.05, 3.63) is 76.3 Å². The van der Waals surface area contributed by atoms with Gasteiger partial charge >= 0.3 is 0 Å². The number of aromatic nitrogens is 1. The van der Waals surface area contributed by atoms with Gasteiger partial charge in [0.25, 0.3) is 5.91 Å². The molecule has 0 aliphatic heterocycles. The molecule has 0 unspecified atom stereocenters. The topological polar surface area (TPSA) is 51.1 Å². The average Bonchev–Trinajstić information content (AvgIpc) is 2.51. The summed E-state index contributed by atoms with van der Waals surface area (Å²) in [6.45, 7) is 0. The minimum absolute atomic E-state index is 0.0237. The summed E-state index contributed by atoms with van der Waals surface area (Å²) in [4.78, 5) is 24.7. The molecular formula is C17H13FN2O2. The van der Waals surface area contributed by atoms with E-state index in [0.717, 1.165) is 6.07 Å². The van der Waals surface area contributed by atoms with Crippen molar-refractivity contribution in [3.63, 3.8) is 0 Å². The summed E-state index contributed by atoms with van der Waals surface area (Å²) in [6.07, 6.45) is 1.46. The van der Waals surface area contributed by atoms with E-state index in [1.54, 1.807) is 35.9 Å². The van der Waals surface area contributed by atoms with Gasteiger partial charge in [-0.1, -0.05) is 18.2 Å². The summed E-state index contributed by atoms with van der Waals surface area (Å²) in [5.74, 6) is -1.02. The molecule has 0 spiro atoms. The van der Waals surface area contributed by atoms with Crippen LogP contribution in [0.2, 0.25) is 0 Å². The van der Waals surface area contributed by atoms with Crippen molar-refractivity contribution in [2.75, 3.05) is 5.32 Å². The number of carbonyl (C=O) groups excluding carboxylic acids is 1. The highest BCUT2D eigenvalue weighted by atomic mass is 19.1. The third kappa shape index (κ3) is 2.48. The Kier molecular flexibility index (Phi) is 3.47. The molecule has 0 saturated heterocycles. The van der Waals surface area contributed by atoms with Crippen LogP contribution in [0.3, 0.4) is 0 Å². The molecule has 0 saturated carbocycles. The molecule has 0 aliphatic carbocycles. The fraction of sp³-hybridized carbons (Fsp3) is 0.0588. The van der Waals surface area contributed by atoms with E-state index >= 15 is 0 Å². The van der Waals surface area contributed by atoms with E-state index in [0.29, 0.717) is 11.2 Å². The molecule has 4 nitrogen and oxygen atoms in total. The van der Waals surface area contributed by atoms with Crippen molar-refractivity contribution in [2.24, 2.45) is 7.05 Å². The maximum absolute atomic E-state index is 13.4. The van der Waals surface area contributed by atoms with Crippen LogP contribution in [-0.2, 0) is 7.05 Å². The minimum atomic E-state index is -0.516. The molecule has 1 N–H and O–H groups in total. The molecule has 110 valence electrons. The Morgan fingerprint density at radius 3 is 2.59 bits per heavy atom. The number of aryl methyl sites for hydroxylation is 1. The van der Waals surface area contributed by atoms with E-state index in [1.807, 2.05) is 6.07 Å². The number of anilines is 1. The number of hydrogen-bond acceptors (Lipinski definition) is 2. The van der Waals surface area contributed by atoms with Gasteiger partial charge in [-0.05, 0) is 30.3 Å². The molecular weight excluding hydrogens is 283 g/mol. The highest BCUT2D eigenvalue weighted by Gasteiger charge is 2.15. The maximum atomic E-state index is 13.4. The fourth-order valence-electron chi connectivity index (χ4n) is 2.35. The highest BCUT2D eigenvalue weighted by Crippen LogP contribution is 2.14. The van der Waals surface area contributed by atoms with Crippen molar-refractivity contribution in [3.8, 4) is 0 Å². The van der Waals surface area contributed by atoms with Crippen LogP contribution < -0.4 is 10.7 Å². The average molecular weight is 296 g/mol. The molecule has 1 aromatic heterocycles. The fourth-order valence-corrected chi connectivity index (χ4v) is 2.35. The largest absolute Gasteiger partial charge is 0.350 e. The number of hydrogen-bond donors (Lipinski definition) is 1. The van der Waals surface area contributed by atoms with Gasteiger partial charge in [-0.15, -0.1) is 0 Å². The molecule has 0 fully saturated rings. The molecule has 1 amide bonds. The zero-order valence-electron chi connectivity index (χ0n) is 11.8. The third-order valence-corrected chi connectivity index (χ3v) is 3.43. The molecule has 3 rings (SSSR count). The van der Waals surface area contributed by atoms with Crippen LogP contribution >= 0.6 is 0 Å². The van der Waals surface area contributed by atoms with Crippen molar-refractivity contribution in [1.29, 1.82) is 0 Å². The Hall–Kier alpha value is -2.95. The van der Waals surface area contributed by atoms with Gasteiger partial charge in [0.15, 0.2) is 0 Å². The van der Waals surface area contributed by atoms with Crippen LogP contribution in [0.15, 0.2) is 59.5 Å². The van der Waals surface area contributed by atoms with Gasteiger partial charge in [0.1, 0.15) is 11.4 Å². The minimum Gasteiger partial charge on any atom is -0.350 e. The summed E-state index contributed by atoms with van der Waals surface area (Å²) >= 11 is 0. The summed E-state index contributed by atoms with van der Waals surface area (Å²) in [5.41, 5.74) is 0.655. The third-order valence-electron chi connectivity index (χ3n) is 3.43. The molecule has 3 aromatic rings. The van der Waals surface area contributed by atoms with E-state index in [-0.39, 0.29) is 10.9 Å². The summed E-state index contributed by atoms with van der Waals surface area (Å²) < 4.78 is 15.0. The number of fused-ring (bicyclic) bond motifs is 1. The second-order valence-corrected chi connectivity index (χ2v) is 4.96. The van der Waals surface area contributed by atoms with Crippen molar-refractivity contribution >= 4 is 22.5 Å². The predicted octanol–water partition coefficient (Wildman–Crippen LogP) is 2.93. The molecule has 5 heteroatoms. The van der Waals surface area contributed by atoms with Crippen LogP contribution in [0, 0.1) is 5.82 Å². The van der Waals surface area contributed by atoms with Crippen LogP contribution in [0.5, 0.6) is 0 Å². The smallest absolute Gasteiger partial charge is 0.261 e. The van der Waals surface area contributed by atoms with E-state index in [9.17, 15) is 14.0 Å². The van der Waals surface area contributed by atoms with Gasteiger partial charge in [-0.25, -0.2) is 4.39 Å². The quantitative estimate of drug-likeness (QED) is 0.790. The SMILES string of the molecule is Cn1cc(C(=O)Nc2ccccc2)c(=O)c2cc(F)ccc21. The number of nitrogens with one attached hydrogen (secondary N) is 1. The van der Waals surface area contributed by atoms with Crippen LogP contribution in [-0.4, -0.2) is 10.5 Å². The summed E-state index contributed by atoms with van der Waals surface area (Å²) in [6, 6.07) is 12.8. The maximum Gasteiger partial charge on any atom is 0.261 e. The first-order chi connectivity index (χ1) is 10.6. The number of benzene rings is 2. The molecule has 0 aliphatic rings. The van der Waals surface area contributed by atoms with E-state index in [2.05, 4.69) is 5.32 Å². The zero-order chi connectivity index (χ0) is 15.7. The molecule has 2 aromatic carbocycles. The number of halogens is 1. The monoisotopic (exact) mass is 296 g/mol. The van der Waals surface area contributed by atoms with Crippen molar-refractivity contribution in [1.82, 2.24) is 4.57 Å². The first-order valence-corrected chi connectivity index (χ1v) is 6.71. The van der Waals surface area contributed by atoms with Gasteiger partial charge < -0.3 is 9.88 Å². The van der Waals surface area contributed by atoms with Gasteiger partial charge in [-0.2, -0.15) is 0 Å². The first-order valence-electron chi connectivity index (χ1n) is 6.71.